The first-order valence-electron chi connectivity index (χ1n) is 6.49. The molecule has 0 saturated heterocycles. The normalized spacial score (nSPS) is 10.9. The van der Waals surface area contributed by atoms with E-state index in [1.54, 1.807) is 29.5 Å². The van der Waals surface area contributed by atoms with Gasteiger partial charge in [0.1, 0.15) is 10.6 Å². The van der Waals surface area contributed by atoms with Crippen molar-refractivity contribution in [2.75, 3.05) is 5.32 Å². The van der Waals surface area contributed by atoms with Gasteiger partial charge in [0.2, 0.25) is 5.28 Å². The highest BCUT2D eigenvalue weighted by Crippen LogP contribution is 2.35. The third kappa shape index (κ3) is 2.63. The van der Waals surface area contributed by atoms with Crippen molar-refractivity contribution >= 4 is 50.6 Å². The topological polar surface area (TPSA) is 75.1 Å². The Morgan fingerprint density at radius 1 is 1.32 bits per heavy atom. The molecular weight excluding hydrogens is 322 g/mol. The van der Waals surface area contributed by atoms with E-state index >= 15 is 0 Å². The van der Waals surface area contributed by atoms with E-state index in [0.717, 1.165) is 20.7 Å². The Labute approximate surface area is 135 Å². The van der Waals surface area contributed by atoms with Crippen LogP contribution in [0, 0.1) is 13.8 Å². The Kier molecular flexibility index (Phi) is 3.72. The smallest absolute Gasteiger partial charge is 0.335 e. The molecule has 3 rings (SSSR count). The monoisotopic (exact) mass is 333 g/mol. The summed E-state index contributed by atoms with van der Waals surface area (Å²) in [6, 6.07) is 6.55. The van der Waals surface area contributed by atoms with Crippen LogP contribution in [0.25, 0.3) is 10.2 Å². The number of carbonyl (C=O) groups is 1. The van der Waals surface area contributed by atoms with Gasteiger partial charge in [0.25, 0.3) is 0 Å². The first kappa shape index (κ1) is 14.7. The standard InChI is InChI=1S/C15H12ClN3O2S/c1-7-8(2)22-13-11(7)12(18-15(16)19-13)17-10-5-3-4-9(6-10)14(20)21/h3-6H,1-2H3,(H,20,21)(H,17,18,19). The lowest BCUT2D eigenvalue weighted by molar-refractivity contribution is 0.0697. The van der Waals surface area contributed by atoms with Gasteiger partial charge in [0, 0.05) is 10.6 Å². The second kappa shape index (κ2) is 5.55. The molecule has 0 aliphatic carbocycles. The second-order valence-electron chi connectivity index (χ2n) is 4.82. The van der Waals surface area contributed by atoms with Crippen LogP contribution in [-0.2, 0) is 0 Å². The van der Waals surface area contributed by atoms with Crippen LogP contribution in [0.1, 0.15) is 20.8 Å². The minimum Gasteiger partial charge on any atom is -0.478 e. The molecule has 2 aromatic heterocycles. The van der Waals surface area contributed by atoms with Crippen LogP contribution >= 0.6 is 22.9 Å². The number of benzene rings is 1. The van der Waals surface area contributed by atoms with Crippen LogP contribution in [0.3, 0.4) is 0 Å². The van der Waals surface area contributed by atoms with Gasteiger partial charge < -0.3 is 10.4 Å². The average molecular weight is 334 g/mol. The van der Waals surface area contributed by atoms with E-state index in [9.17, 15) is 4.79 Å². The molecule has 0 fully saturated rings. The number of anilines is 2. The molecule has 3 aromatic rings. The van der Waals surface area contributed by atoms with E-state index in [1.165, 1.54) is 6.07 Å². The molecule has 22 heavy (non-hydrogen) atoms. The van der Waals surface area contributed by atoms with Crippen molar-refractivity contribution in [3.8, 4) is 0 Å². The molecular formula is C15H12ClN3O2S. The molecule has 0 amide bonds. The lowest BCUT2D eigenvalue weighted by atomic mass is 10.2. The molecule has 2 N–H and O–H groups in total. The number of rotatable bonds is 3. The molecule has 0 bridgehead atoms. The van der Waals surface area contributed by atoms with Crippen molar-refractivity contribution in [2.45, 2.75) is 13.8 Å². The van der Waals surface area contributed by atoms with Crippen LogP contribution in [0.15, 0.2) is 24.3 Å². The second-order valence-corrected chi connectivity index (χ2v) is 6.36. The van der Waals surface area contributed by atoms with Gasteiger partial charge >= 0.3 is 5.97 Å². The molecule has 0 aliphatic heterocycles. The molecule has 7 heteroatoms. The maximum Gasteiger partial charge on any atom is 0.335 e. The van der Waals surface area contributed by atoms with Crippen molar-refractivity contribution in [1.82, 2.24) is 9.97 Å². The zero-order valence-corrected chi connectivity index (χ0v) is 13.4. The van der Waals surface area contributed by atoms with Crippen LogP contribution in [0.5, 0.6) is 0 Å². The summed E-state index contributed by atoms with van der Waals surface area (Å²) in [7, 11) is 0. The van der Waals surface area contributed by atoms with Crippen LogP contribution < -0.4 is 5.32 Å². The van der Waals surface area contributed by atoms with E-state index in [1.807, 2.05) is 13.8 Å². The summed E-state index contributed by atoms with van der Waals surface area (Å²) in [5, 5.41) is 13.3. The van der Waals surface area contributed by atoms with Gasteiger partial charge in [-0.05, 0) is 49.2 Å². The maximum absolute atomic E-state index is 11.1. The summed E-state index contributed by atoms with van der Waals surface area (Å²) in [4.78, 5) is 21.5. The van der Waals surface area contributed by atoms with Gasteiger partial charge in [0.15, 0.2) is 0 Å². The molecule has 0 unspecified atom stereocenters. The number of thiophene rings is 1. The summed E-state index contributed by atoms with van der Waals surface area (Å²) >= 11 is 7.54. The summed E-state index contributed by atoms with van der Waals surface area (Å²) in [6.45, 7) is 4.02. The minimum atomic E-state index is -0.975. The first-order valence-corrected chi connectivity index (χ1v) is 7.69. The molecule has 1 aromatic carbocycles. The number of hydrogen-bond donors (Lipinski definition) is 2. The van der Waals surface area contributed by atoms with Gasteiger partial charge in [0.05, 0.1) is 10.9 Å². The summed E-state index contributed by atoms with van der Waals surface area (Å²) in [6.07, 6.45) is 0. The van der Waals surface area contributed by atoms with E-state index in [-0.39, 0.29) is 10.8 Å². The lowest BCUT2D eigenvalue weighted by Crippen LogP contribution is -2.00. The number of aromatic carboxylic acids is 1. The molecule has 0 saturated carbocycles. The molecule has 112 valence electrons. The van der Waals surface area contributed by atoms with Crippen molar-refractivity contribution in [1.29, 1.82) is 0 Å². The Morgan fingerprint density at radius 2 is 2.09 bits per heavy atom. The molecule has 0 atom stereocenters. The lowest BCUT2D eigenvalue weighted by Gasteiger charge is -2.08. The van der Waals surface area contributed by atoms with Crippen molar-refractivity contribution in [3.63, 3.8) is 0 Å². The Hall–Kier alpha value is -2.18. The van der Waals surface area contributed by atoms with Crippen molar-refractivity contribution in [2.24, 2.45) is 0 Å². The fourth-order valence-electron chi connectivity index (χ4n) is 2.18. The molecule has 0 radical (unpaired) electrons. The highest BCUT2D eigenvalue weighted by molar-refractivity contribution is 7.18. The van der Waals surface area contributed by atoms with E-state index in [4.69, 9.17) is 16.7 Å². The van der Waals surface area contributed by atoms with E-state index in [2.05, 4.69) is 15.3 Å². The Morgan fingerprint density at radius 3 is 2.82 bits per heavy atom. The largest absolute Gasteiger partial charge is 0.478 e. The molecule has 0 spiro atoms. The number of nitrogens with one attached hydrogen (secondary N) is 1. The fraction of sp³-hybridized carbons (Fsp3) is 0.133. The third-order valence-corrected chi connectivity index (χ3v) is 4.64. The predicted molar refractivity (Wildman–Crippen MR) is 88.6 cm³/mol. The Bertz CT molecular complexity index is 892. The average Bonchev–Trinajstić information content (AvgIpc) is 2.74. The van der Waals surface area contributed by atoms with E-state index < -0.39 is 5.97 Å². The number of halogens is 1. The van der Waals surface area contributed by atoms with Gasteiger partial charge in [-0.2, -0.15) is 4.98 Å². The molecule has 5 nitrogen and oxygen atoms in total. The Balaban J connectivity index is 2.11. The van der Waals surface area contributed by atoms with Crippen LogP contribution in [0.4, 0.5) is 11.5 Å². The van der Waals surface area contributed by atoms with Gasteiger partial charge in [-0.3, -0.25) is 0 Å². The third-order valence-electron chi connectivity index (χ3n) is 3.37. The number of carboxylic acids is 1. The predicted octanol–water partition coefficient (Wildman–Crippen LogP) is 4.40. The number of aromatic nitrogens is 2. The maximum atomic E-state index is 11.1. The van der Waals surface area contributed by atoms with Gasteiger partial charge in [-0.1, -0.05) is 6.07 Å². The first-order chi connectivity index (χ1) is 10.5. The molecule has 0 aliphatic rings. The van der Waals surface area contributed by atoms with Crippen molar-refractivity contribution in [3.05, 3.63) is 45.6 Å². The highest BCUT2D eigenvalue weighted by Gasteiger charge is 2.14. The van der Waals surface area contributed by atoms with Crippen molar-refractivity contribution < 1.29 is 9.90 Å². The number of fused-ring (bicyclic) bond motifs is 1. The molecule has 2 heterocycles. The number of nitrogens with zero attached hydrogens (tertiary/aromatic N) is 2. The minimum absolute atomic E-state index is 0.158. The highest BCUT2D eigenvalue weighted by atomic mass is 35.5. The quantitative estimate of drug-likeness (QED) is 0.695. The van der Waals surface area contributed by atoms with Crippen LogP contribution in [-0.4, -0.2) is 21.0 Å². The van der Waals surface area contributed by atoms with Crippen LogP contribution in [0.2, 0.25) is 5.28 Å². The van der Waals surface area contributed by atoms with Gasteiger partial charge in [-0.15, -0.1) is 11.3 Å². The number of aryl methyl sites for hydroxylation is 2. The van der Waals surface area contributed by atoms with E-state index in [0.29, 0.717) is 11.5 Å². The van der Waals surface area contributed by atoms with Gasteiger partial charge in [-0.25, -0.2) is 9.78 Å². The zero-order valence-electron chi connectivity index (χ0n) is 11.8. The summed E-state index contributed by atoms with van der Waals surface area (Å²) in [5.74, 6) is -0.392. The SMILES string of the molecule is Cc1sc2nc(Cl)nc(Nc3cccc(C(=O)O)c3)c2c1C. The zero-order chi connectivity index (χ0) is 15.9. The summed E-state index contributed by atoms with van der Waals surface area (Å²) in [5.41, 5.74) is 1.94. The fourth-order valence-corrected chi connectivity index (χ4v) is 3.43. The number of carboxylic acid groups (broad SMARTS) is 1. The number of hydrogen-bond acceptors (Lipinski definition) is 5. The summed E-state index contributed by atoms with van der Waals surface area (Å²) < 4.78 is 0.